The van der Waals surface area contributed by atoms with Gasteiger partial charge in [0.05, 0.1) is 16.5 Å². The van der Waals surface area contributed by atoms with Crippen LogP contribution in [-0.2, 0) is 6.42 Å². The van der Waals surface area contributed by atoms with E-state index in [-0.39, 0.29) is 6.04 Å². The lowest BCUT2D eigenvalue weighted by atomic mass is 9.94. The minimum atomic E-state index is -0.194. The largest absolute Gasteiger partial charge is 0.351 e. The lowest BCUT2D eigenvalue weighted by Crippen LogP contribution is -2.46. The van der Waals surface area contributed by atoms with E-state index in [0.29, 0.717) is 16.8 Å². The summed E-state index contributed by atoms with van der Waals surface area (Å²) < 4.78 is 5.82. The fraction of sp³-hybridized carbons (Fsp3) is 0.192. The molecule has 1 unspecified atom stereocenters. The molecular weight excluding hydrogens is 448 g/mol. The van der Waals surface area contributed by atoms with Crippen molar-refractivity contribution in [2.45, 2.75) is 33.2 Å². The number of thiocarbonyl (C=S) groups is 1. The van der Waals surface area contributed by atoms with Gasteiger partial charge in [0.25, 0.3) is 5.89 Å². The zero-order chi connectivity index (χ0) is 22.9. The molecule has 2 aromatic heterocycles. The standard InChI is InChI=1S/C26H24N4OS2/c1-4-18-7-5-8-20(15-18)30-17(3)22(25-28-24(29-31-25)21-9-6-14-33-21)23(27-26(30)32)19-12-10-16(2)11-13-19/h5-15,23H,4H2,1-3H3,(H,27,32). The fourth-order valence-corrected chi connectivity index (χ4v) is 5.10. The van der Waals surface area contributed by atoms with E-state index in [4.69, 9.17) is 21.7 Å². The Kier molecular flexibility index (Phi) is 5.83. The number of hydrogen-bond donors (Lipinski definition) is 1. The molecule has 0 fully saturated rings. The predicted molar refractivity (Wildman–Crippen MR) is 138 cm³/mol. The molecule has 5 rings (SSSR count). The average Bonchev–Trinajstić information content (AvgIpc) is 3.52. The van der Waals surface area contributed by atoms with Crippen molar-refractivity contribution in [1.82, 2.24) is 15.5 Å². The van der Waals surface area contributed by atoms with Gasteiger partial charge in [-0.15, -0.1) is 11.3 Å². The Hall–Kier alpha value is -3.29. The van der Waals surface area contributed by atoms with Crippen LogP contribution in [0.4, 0.5) is 5.69 Å². The molecule has 4 aromatic rings. The second-order valence-corrected chi connectivity index (χ2v) is 9.39. The third kappa shape index (κ3) is 4.10. The molecule has 3 heterocycles. The third-order valence-corrected chi connectivity index (χ3v) is 7.04. The quantitative estimate of drug-likeness (QED) is 0.333. The summed E-state index contributed by atoms with van der Waals surface area (Å²) >= 11 is 7.45. The number of aryl methyl sites for hydroxylation is 2. The second-order valence-electron chi connectivity index (χ2n) is 8.05. The van der Waals surface area contributed by atoms with Crippen molar-refractivity contribution >= 4 is 39.9 Å². The molecule has 0 saturated carbocycles. The van der Waals surface area contributed by atoms with Crippen LogP contribution in [-0.4, -0.2) is 15.3 Å². The van der Waals surface area contributed by atoms with E-state index in [1.165, 1.54) is 11.1 Å². The number of nitrogens with zero attached hydrogens (tertiary/aromatic N) is 3. The number of nitrogens with one attached hydrogen (secondary N) is 1. The molecule has 5 nitrogen and oxygen atoms in total. The maximum atomic E-state index is 5.86. The van der Waals surface area contributed by atoms with Gasteiger partial charge in [-0.3, -0.25) is 4.90 Å². The Morgan fingerprint density at radius 1 is 1.09 bits per heavy atom. The Morgan fingerprint density at radius 2 is 1.91 bits per heavy atom. The first-order chi connectivity index (χ1) is 16.0. The van der Waals surface area contributed by atoms with Gasteiger partial charge in [-0.05, 0) is 67.2 Å². The molecule has 0 aliphatic carbocycles. The number of benzene rings is 2. The average molecular weight is 473 g/mol. The van der Waals surface area contributed by atoms with E-state index >= 15 is 0 Å². The highest BCUT2D eigenvalue weighted by molar-refractivity contribution is 7.80. The lowest BCUT2D eigenvalue weighted by molar-refractivity contribution is 0.404. The molecule has 166 valence electrons. The van der Waals surface area contributed by atoms with Crippen LogP contribution in [0, 0.1) is 6.92 Å². The van der Waals surface area contributed by atoms with Gasteiger partial charge >= 0.3 is 0 Å². The van der Waals surface area contributed by atoms with Crippen LogP contribution >= 0.6 is 23.6 Å². The smallest absolute Gasteiger partial charge is 0.258 e. The maximum Gasteiger partial charge on any atom is 0.258 e. The van der Waals surface area contributed by atoms with E-state index < -0.39 is 0 Å². The summed E-state index contributed by atoms with van der Waals surface area (Å²) in [6.07, 6.45) is 0.956. The first kappa shape index (κ1) is 21.6. The van der Waals surface area contributed by atoms with Crippen molar-refractivity contribution in [3.8, 4) is 10.7 Å². The highest BCUT2D eigenvalue weighted by Crippen LogP contribution is 2.39. The molecule has 2 aromatic carbocycles. The van der Waals surface area contributed by atoms with Crippen LogP contribution in [0.3, 0.4) is 0 Å². The van der Waals surface area contributed by atoms with Crippen molar-refractivity contribution in [3.05, 3.63) is 94.3 Å². The van der Waals surface area contributed by atoms with Gasteiger partial charge < -0.3 is 9.84 Å². The predicted octanol–water partition coefficient (Wildman–Crippen LogP) is 6.54. The molecule has 7 heteroatoms. The summed E-state index contributed by atoms with van der Waals surface area (Å²) in [4.78, 5) is 7.80. The Bertz CT molecular complexity index is 1320. The van der Waals surface area contributed by atoms with Gasteiger partial charge in [0.1, 0.15) is 0 Å². The van der Waals surface area contributed by atoms with Gasteiger partial charge in [-0.2, -0.15) is 4.98 Å². The molecule has 1 aliphatic heterocycles. The SMILES string of the molecule is CCc1cccc(N2C(=S)NC(c3ccc(C)cc3)C(c3nc(-c4cccs4)no3)=C2C)c1. The highest BCUT2D eigenvalue weighted by Gasteiger charge is 2.34. The molecule has 1 N–H and O–H groups in total. The number of anilines is 1. The van der Waals surface area contributed by atoms with Crippen molar-refractivity contribution in [3.63, 3.8) is 0 Å². The molecule has 1 atom stereocenters. The highest BCUT2D eigenvalue weighted by atomic mass is 32.1. The molecule has 0 bridgehead atoms. The number of aromatic nitrogens is 2. The molecule has 1 aliphatic rings. The molecule has 0 amide bonds. The number of allylic oxidation sites excluding steroid dienone is 1. The summed E-state index contributed by atoms with van der Waals surface area (Å²) in [7, 11) is 0. The van der Waals surface area contributed by atoms with E-state index in [2.05, 4.69) is 84.7 Å². The van der Waals surface area contributed by atoms with Crippen LogP contribution in [0.15, 0.2) is 76.3 Å². The van der Waals surface area contributed by atoms with Crippen LogP contribution < -0.4 is 10.2 Å². The van der Waals surface area contributed by atoms with Gasteiger partial charge in [0.2, 0.25) is 5.82 Å². The van der Waals surface area contributed by atoms with Gasteiger partial charge in [0, 0.05) is 11.4 Å². The van der Waals surface area contributed by atoms with Gasteiger partial charge in [-0.1, -0.05) is 60.1 Å². The normalized spacial score (nSPS) is 16.3. The summed E-state index contributed by atoms with van der Waals surface area (Å²) in [5.41, 5.74) is 6.46. The first-order valence-electron chi connectivity index (χ1n) is 10.9. The molecule has 33 heavy (non-hydrogen) atoms. The van der Waals surface area contributed by atoms with E-state index in [1.54, 1.807) is 11.3 Å². The van der Waals surface area contributed by atoms with Crippen LogP contribution in [0.1, 0.15) is 42.5 Å². The van der Waals surface area contributed by atoms with E-state index in [0.717, 1.165) is 33.8 Å². The van der Waals surface area contributed by atoms with Crippen molar-refractivity contribution in [2.75, 3.05) is 4.90 Å². The number of thiophene rings is 1. The molecular formula is C26H24N4OS2. The summed E-state index contributed by atoms with van der Waals surface area (Å²) in [5.74, 6) is 1.09. The number of hydrogen-bond acceptors (Lipinski definition) is 5. The van der Waals surface area contributed by atoms with Crippen LogP contribution in [0.25, 0.3) is 16.3 Å². The Morgan fingerprint density at radius 3 is 2.64 bits per heavy atom. The van der Waals surface area contributed by atoms with Crippen molar-refractivity contribution < 1.29 is 4.52 Å². The fourth-order valence-electron chi connectivity index (χ4n) is 4.09. The number of rotatable bonds is 5. The molecule has 0 saturated heterocycles. The van der Waals surface area contributed by atoms with Crippen molar-refractivity contribution in [2.24, 2.45) is 0 Å². The minimum absolute atomic E-state index is 0.194. The minimum Gasteiger partial charge on any atom is -0.351 e. The van der Waals surface area contributed by atoms with Crippen LogP contribution in [0.2, 0.25) is 0 Å². The van der Waals surface area contributed by atoms with Gasteiger partial charge in [-0.25, -0.2) is 0 Å². The Labute approximate surface area is 202 Å². The first-order valence-corrected chi connectivity index (χ1v) is 12.2. The maximum absolute atomic E-state index is 5.86. The lowest BCUT2D eigenvalue weighted by Gasteiger charge is -2.37. The molecule has 0 spiro atoms. The third-order valence-electron chi connectivity index (χ3n) is 5.87. The topological polar surface area (TPSA) is 54.2 Å². The summed E-state index contributed by atoms with van der Waals surface area (Å²) in [6.45, 7) is 6.30. The van der Waals surface area contributed by atoms with Crippen LogP contribution in [0.5, 0.6) is 0 Å². The zero-order valence-electron chi connectivity index (χ0n) is 18.7. The Balaban J connectivity index is 1.66. The monoisotopic (exact) mass is 472 g/mol. The zero-order valence-corrected chi connectivity index (χ0v) is 20.3. The van der Waals surface area contributed by atoms with E-state index in [1.807, 2.05) is 17.5 Å². The van der Waals surface area contributed by atoms with Crippen molar-refractivity contribution in [1.29, 1.82) is 0 Å². The van der Waals surface area contributed by atoms with Gasteiger partial charge in [0.15, 0.2) is 5.11 Å². The summed E-state index contributed by atoms with van der Waals surface area (Å²) in [5, 5.41) is 10.5. The van der Waals surface area contributed by atoms with E-state index in [9.17, 15) is 0 Å². The summed E-state index contributed by atoms with van der Waals surface area (Å²) in [6, 6.07) is 20.7. The molecule has 0 radical (unpaired) electrons. The second kappa shape index (κ2) is 8.92.